The van der Waals surface area contributed by atoms with Crippen molar-refractivity contribution in [3.8, 4) is 0 Å². The number of aromatic nitrogens is 2. The topological polar surface area (TPSA) is 67.2 Å². The fourth-order valence-corrected chi connectivity index (χ4v) is 4.70. The van der Waals surface area contributed by atoms with Gasteiger partial charge in [0.25, 0.3) is 10.0 Å². The number of rotatable bonds is 4. The van der Waals surface area contributed by atoms with Crippen molar-refractivity contribution in [2.24, 2.45) is 7.05 Å². The van der Waals surface area contributed by atoms with Crippen molar-refractivity contribution in [3.05, 3.63) is 11.2 Å². The van der Waals surface area contributed by atoms with E-state index in [-0.39, 0.29) is 28.5 Å². The predicted octanol–water partition coefficient (Wildman–Crippen LogP) is 1.26. The normalized spacial score (nSPS) is 20.6. The molecule has 1 atom stereocenters. The molecule has 0 aliphatic carbocycles. The third-order valence-corrected chi connectivity index (χ3v) is 5.77. The Morgan fingerprint density at radius 3 is 2.80 bits per heavy atom. The lowest BCUT2D eigenvalue weighted by Gasteiger charge is -2.35. The van der Waals surface area contributed by atoms with Crippen LogP contribution in [0.15, 0.2) is 11.2 Å². The van der Waals surface area contributed by atoms with Crippen LogP contribution in [0.1, 0.15) is 19.8 Å². The van der Waals surface area contributed by atoms with Gasteiger partial charge in [0.2, 0.25) is 0 Å². The van der Waals surface area contributed by atoms with Crippen LogP contribution in [0.25, 0.3) is 0 Å². The second kappa shape index (κ2) is 7.09. The average Bonchev–Trinajstić information content (AvgIpc) is 2.70. The molecule has 1 fully saturated rings. The molecule has 0 amide bonds. The summed E-state index contributed by atoms with van der Waals surface area (Å²) in [6.45, 7) is 3.86. The summed E-state index contributed by atoms with van der Waals surface area (Å²) in [5, 5.41) is 7.40. The Bertz CT molecular complexity index is 525. The summed E-state index contributed by atoms with van der Waals surface area (Å²) in [6, 6.07) is -0.0188. The van der Waals surface area contributed by atoms with Gasteiger partial charge < -0.3 is 5.32 Å². The van der Waals surface area contributed by atoms with Gasteiger partial charge in [-0.05, 0) is 6.42 Å². The Balaban J connectivity index is 0.00000200. The van der Waals surface area contributed by atoms with E-state index in [0.29, 0.717) is 19.6 Å². The molecule has 1 aromatic heterocycles. The second-order valence-corrected chi connectivity index (χ2v) is 6.90. The Morgan fingerprint density at radius 2 is 2.25 bits per heavy atom. The van der Waals surface area contributed by atoms with Crippen molar-refractivity contribution in [1.82, 2.24) is 19.4 Å². The number of sulfonamides is 1. The molecule has 1 N–H and O–H groups in total. The maximum atomic E-state index is 12.7. The molecule has 0 saturated carbocycles. The van der Waals surface area contributed by atoms with Crippen molar-refractivity contribution in [2.75, 3.05) is 19.6 Å². The monoisotopic (exact) mass is 342 g/mol. The fraction of sp³-hybridized carbons (Fsp3) is 0.727. The molecule has 1 aromatic rings. The zero-order valence-electron chi connectivity index (χ0n) is 11.5. The molecule has 1 unspecified atom stereocenters. The summed E-state index contributed by atoms with van der Waals surface area (Å²) in [4.78, 5) is 0. The lowest BCUT2D eigenvalue weighted by molar-refractivity contribution is 0.253. The van der Waals surface area contributed by atoms with Crippen LogP contribution < -0.4 is 5.32 Å². The number of piperazine rings is 1. The number of hydrogen-bond acceptors (Lipinski definition) is 4. The van der Waals surface area contributed by atoms with Crippen LogP contribution in [0.5, 0.6) is 0 Å². The minimum atomic E-state index is -3.59. The third kappa shape index (κ3) is 3.28. The molecule has 0 bridgehead atoms. The van der Waals surface area contributed by atoms with E-state index >= 15 is 0 Å². The first-order valence-corrected chi connectivity index (χ1v) is 8.20. The lowest BCUT2D eigenvalue weighted by atomic mass is 10.1. The van der Waals surface area contributed by atoms with E-state index in [2.05, 4.69) is 17.3 Å². The van der Waals surface area contributed by atoms with Crippen LogP contribution >= 0.6 is 24.0 Å². The van der Waals surface area contributed by atoms with Gasteiger partial charge in [-0.3, -0.25) is 4.68 Å². The Hall–Kier alpha value is -0.340. The highest BCUT2D eigenvalue weighted by molar-refractivity contribution is 7.89. The van der Waals surface area contributed by atoms with Gasteiger partial charge >= 0.3 is 0 Å². The molecule has 0 radical (unpaired) electrons. The molecule has 6 nitrogen and oxygen atoms in total. The molecule has 1 aliphatic rings. The van der Waals surface area contributed by atoms with Crippen molar-refractivity contribution < 1.29 is 8.42 Å². The van der Waals surface area contributed by atoms with Gasteiger partial charge in [-0.1, -0.05) is 24.9 Å². The molecule has 2 rings (SSSR count). The van der Waals surface area contributed by atoms with E-state index in [1.54, 1.807) is 11.4 Å². The Labute approximate surface area is 130 Å². The van der Waals surface area contributed by atoms with E-state index in [0.717, 1.165) is 12.8 Å². The Kier molecular flexibility index (Phi) is 6.27. The number of halogens is 2. The van der Waals surface area contributed by atoms with Gasteiger partial charge in [0.05, 0.1) is 11.2 Å². The van der Waals surface area contributed by atoms with Crippen molar-refractivity contribution in [1.29, 1.82) is 0 Å². The standard InChI is InChI=1S/C11H19ClN4O2S.ClH/c1-3-4-9-7-13-5-6-16(9)19(17,18)11-10(12)8-14-15(11)2;/h8-9,13H,3-7H2,1-2H3;1H. The van der Waals surface area contributed by atoms with Crippen LogP contribution in [0, 0.1) is 0 Å². The molecule has 2 heterocycles. The van der Waals surface area contributed by atoms with E-state index < -0.39 is 10.0 Å². The summed E-state index contributed by atoms with van der Waals surface area (Å²) in [7, 11) is -2.00. The van der Waals surface area contributed by atoms with Crippen molar-refractivity contribution in [2.45, 2.75) is 30.8 Å². The van der Waals surface area contributed by atoms with Crippen LogP contribution in [0.4, 0.5) is 0 Å². The molecular weight excluding hydrogens is 323 g/mol. The molecule has 0 aromatic carbocycles. The number of nitrogens with one attached hydrogen (secondary N) is 1. The van der Waals surface area contributed by atoms with Gasteiger partial charge in [-0.2, -0.15) is 9.40 Å². The molecular formula is C11H20Cl2N4O2S. The maximum absolute atomic E-state index is 12.7. The van der Waals surface area contributed by atoms with E-state index in [9.17, 15) is 8.42 Å². The first-order chi connectivity index (χ1) is 8.98. The van der Waals surface area contributed by atoms with E-state index in [1.807, 2.05) is 0 Å². The maximum Gasteiger partial charge on any atom is 0.262 e. The lowest BCUT2D eigenvalue weighted by Crippen LogP contribution is -2.53. The zero-order valence-corrected chi connectivity index (χ0v) is 13.9. The van der Waals surface area contributed by atoms with Gasteiger partial charge in [-0.15, -0.1) is 12.4 Å². The van der Waals surface area contributed by atoms with Crippen molar-refractivity contribution in [3.63, 3.8) is 0 Å². The number of hydrogen-bond donors (Lipinski definition) is 1. The van der Waals surface area contributed by atoms with Gasteiger partial charge in [0, 0.05) is 32.7 Å². The Morgan fingerprint density at radius 1 is 1.55 bits per heavy atom. The first-order valence-electron chi connectivity index (χ1n) is 6.38. The predicted molar refractivity (Wildman–Crippen MR) is 80.9 cm³/mol. The SMILES string of the molecule is CCCC1CNCCN1S(=O)(=O)c1c(Cl)cnn1C.Cl. The minimum Gasteiger partial charge on any atom is -0.314 e. The largest absolute Gasteiger partial charge is 0.314 e. The quantitative estimate of drug-likeness (QED) is 0.894. The molecule has 116 valence electrons. The van der Waals surface area contributed by atoms with Gasteiger partial charge in [0.15, 0.2) is 5.03 Å². The molecule has 1 saturated heterocycles. The van der Waals surface area contributed by atoms with Crippen LogP contribution in [0.2, 0.25) is 5.02 Å². The van der Waals surface area contributed by atoms with Crippen LogP contribution in [-0.4, -0.2) is 48.2 Å². The average molecular weight is 343 g/mol. The number of nitrogens with zero attached hydrogens (tertiary/aromatic N) is 3. The summed E-state index contributed by atoms with van der Waals surface area (Å²) in [6.07, 6.45) is 3.14. The zero-order chi connectivity index (χ0) is 14.0. The highest BCUT2D eigenvalue weighted by Gasteiger charge is 2.36. The van der Waals surface area contributed by atoms with E-state index in [1.165, 1.54) is 10.9 Å². The van der Waals surface area contributed by atoms with E-state index in [4.69, 9.17) is 11.6 Å². The van der Waals surface area contributed by atoms with Crippen LogP contribution in [-0.2, 0) is 17.1 Å². The minimum absolute atomic E-state index is 0. The molecule has 9 heteroatoms. The third-order valence-electron chi connectivity index (χ3n) is 3.31. The van der Waals surface area contributed by atoms with Gasteiger partial charge in [-0.25, -0.2) is 8.42 Å². The fourth-order valence-electron chi connectivity index (χ4n) is 2.44. The second-order valence-electron chi connectivity index (χ2n) is 4.68. The molecule has 20 heavy (non-hydrogen) atoms. The highest BCUT2D eigenvalue weighted by Crippen LogP contribution is 2.26. The van der Waals surface area contributed by atoms with Gasteiger partial charge in [0.1, 0.15) is 0 Å². The number of aryl methyl sites for hydroxylation is 1. The summed E-state index contributed by atoms with van der Waals surface area (Å²) < 4.78 is 28.3. The first kappa shape index (κ1) is 17.7. The summed E-state index contributed by atoms with van der Waals surface area (Å²) >= 11 is 5.97. The molecule has 1 aliphatic heterocycles. The van der Waals surface area contributed by atoms with Crippen LogP contribution in [0.3, 0.4) is 0 Å². The molecule has 0 spiro atoms. The van der Waals surface area contributed by atoms with Crippen molar-refractivity contribution >= 4 is 34.0 Å². The highest BCUT2D eigenvalue weighted by atomic mass is 35.5. The summed E-state index contributed by atoms with van der Waals surface area (Å²) in [5.41, 5.74) is 0. The summed E-state index contributed by atoms with van der Waals surface area (Å²) in [5.74, 6) is 0. The smallest absolute Gasteiger partial charge is 0.262 e.